The van der Waals surface area contributed by atoms with Gasteiger partial charge in [-0.25, -0.2) is 0 Å². The minimum atomic E-state index is -1.72. The topological polar surface area (TPSA) is 119 Å². The van der Waals surface area contributed by atoms with Gasteiger partial charge in [0.25, 0.3) is 0 Å². The van der Waals surface area contributed by atoms with Gasteiger partial charge in [-0.15, -0.1) is 0 Å². The second kappa shape index (κ2) is 6.07. The molecule has 3 rings (SSSR count). The zero-order chi connectivity index (χ0) is 21.2. The normalized spacial score (nSPS) is 25.9. The van der Waals surface area contributed by atoms with Crippen molar-refractivity contribution in [2.75, 3.05) is 14.2 Å². The van der Waals surface area contributed by atoms with Crippen LogP contribution in [0.2, 0.25) is 0 Å². The average Bonchev–Trinajstić information content (AvgIpc) is 2.86. The van der Waals surface area contributed by atoms with Gasteiger partial charge in [0.1, 0.15) is 34.0 Å². The molecule has 0 saturated heterocycles. The molecule has 0 spiro atoms. The van der Waals surface area contributed by atoms with Gasteiger partial charge >= 0.3 is 0 Å². The molecule has 2 N–H and O–H groups in total. The first-order valence-electron chi connectivity index (χ1n) is 8.65. The summed E-state index contributed by atoms with van der Waals surface area (Å²) >= 11 is 0. The number of carbonyl (C=O) groups is 3. The van der Waals surface area contributed by atoms with Crippen LogP contribution in [-0.2, 0) is 19.7 Å². The second-order valence-electron chi connectivity index (χ2n) is 7.21. The lowest BCUT2D eigenvalue weighted by Crippen LogP contribution is -2.57. The fourth-order valence-electron chi connectivity index (χ4n) is 4.29. The van der Waals surface area contributed by atoms with E-state index in [2.05, 4.69) is 0 Å². The van der Waals surface area contributed by atoms with Crippen molar-refractivity contribution in [2.24, 2.45) is 0 Å². The van der Waals surface area contributed by atoms with Gasteiger partial charge in [-0.05, 0) is 27.7 Å². The third-order valence-electron chi connectivity index (χ3n) is 5.76. The number of fused-ring (bicyclic) bond motifs is 3. The minimum Gasteiger partial charge on any atom is -0.510 e. The molecule has 0 amide bonds. The maximum atomic E-state index is 12.6. The van der Waals surface area contributed by atoms with Crippen LogP contribution in [0.3, 0.4) is 0 Å². The van der Waals surface area contributed by atoms with Crippen LogP contribution in [0.5, 0.6) is 17.2 Å². The van der Waals surface area contributed by atoms with E-state index in [0.29, 0.717) is 0 Å². The largest absolute Gasteiger partial charge is 0.510 e. The van der Waals surface area contributed by atoms with Crippen LogP contribution < -0.4 is 9.47 Å². The van der Waals surface area contributed by atoms with Crippen molar-refractivity contribution in [1.82, 2.24) is 0 Å². The Kier molecular flexibility index (Phi) is 4.31. The molecule has 1 aliphatic heterocycles. The molecule has 1 aromatic carbocycles. The van der Waals surface area contributed by atoms with E-state index < -0.39 is 34.3 Å². The van der Waals surface area contributed by atoms with Gasteiger partial charge in [-0.2, -0.15) is 0 Å². The SMILES string of the molecule is COc1c(C)c(O)c(C(C)=O)c2c1[C@]1(C)C(O)=C(C(C)=O)C(=O)C[C@]1(OC)O2. The Labute approximate surface area is 161 Å². The van der Waals surface area contributed by atoms with Crippen molar-refractivity contribution in [3.8, 4) is 17.2 Å². The van der Waals surface area contributed by atoms with Crippen molar-refractivity contribution in [3.05, 3.63) is 28.0 Å². The second-order valence-corrected chi connectivity index (χ2v) is 7.21. The monoisotopic (exact) mass is 390 g/mol. The third-order valence-corrected chi connectivity index (χ3v) is 5.76. The highest BCUT2D eigenvalue weighted by atomic mass is 16.7. The number of hydrogen-bond acceptors (Lipinski definition) is 8. The molecule has 0 bridgehead atoms. The number of rotatable bonds is 4. The lowest BCUT2D eigenvalue weighted by atomic mass is 9.66. The van der Waals surface area contributed by atoms with Gasteiger partial charge < -0.3 is 24.4 Å². The van der Waals surface area contributed by atoms with E-state index in [1.807, 2.05) is 0 Å². The summed E-state index contributed by atoms with van der Waals surface area (Å²) in [5, 5.41) is 21.6. The number of benzene rings is 1. The van der Waals surface area contributed by atoms with Gasteiger partial charge in [-0.3, -0.25) is 14.4 Å². The quantitative estimate of drug-likeness (QED) is 0.594. The van der Waals surface area contributed by atoms with Crippen LogP contribution in [0.4, 0.5) is 0 Å². The summed E-state index contributed by atoms with van der Waals surface area (Å²) in [6.45, 7) is 5.55. The van der Waals surface area contributed by atoms with Crippen LogP contribution in [0.15, 0.2) is 11.3 Å². The molecule has 8 nitrogen and oxygen atoms in total. The number of phenols is 1. The molecular formula is C20H22O8. The van der Waals surface area contributed by atoms with E-state index in [4.69, 9.17) is 14.2 Å². The van der Waals surface area contributed by atoms with Gasteiger partial charge in [0.2, 0.25) is 5.79 Å². The van der Waals surface area contributed by atoms with E-state index in [-0.39, 0.29) is 45.9 Å². The standard InChI is InChI=1S/C20H22O8/c1-8-15(24)13(10(3)22)17-14(16(8)26-5)19(4)18(25)12(9(2)21)11(23)7-20(19,27-6)28-17/h24-25H,7H2,1-6H3/t19-,20+/m1/s1. The smallest absolute Gasteiger partial charge is 0.234 e. The molecule has 1 aliphatic carbocycles. The van der Waals surface area contributed by atoms with Crippen molar-refractivity contribution < 1.29 is 38.8 Å². The molecule has 0 radical (unpaired) electrons. The lowest BCUT2D eigenvalue weighted by Gasteiger charge is -2.43. The summed E-state index contributed by atoms with van der Waals surface area (Å²) in [6, 6.07) is 0. The van der Waals surface area contributed by atoms with Crippen LogP contribution in [0.25, 0.3) is 0 Å². The maximum Gasteiger partial charge on any atom is 0.234 e. The Morgan fingerprint density at radius 3 is 2.21 bits per heavy atom. The Hall–Kier alpha value is -2.87. The van der Waals surface area contributed by atoms with Gasteiger partial charge in [0.05, 0.1) is 24.7 Å². The van der Waals surface area contributed by atoms with Gasteiger partial charge in [0, 0.05) is 12.7 Å². The van der Waals surface area contributed by atoms with Crippen molar-refractivity contribution in [3.63, 3.8) is 0 Å². The Morgan fingerprint density at radius 1 is 1.14 bits per heavy atom. The first-order chi connectivity index (χ1) is 13.0. The zero-order valence-corrected chi connectivity index (χ0v) is 16.6. The van der Waals surface area contributed by atoms with Gasteiger partial charge in [0.15, 0.2) is 17.3 Å². The van der Waals surface area contributed by atoms with Crippen LogP contribution in [-0.4, -0.2) is 47.6 Å². The summed E-state index contributed by atoms with van der Waals surface area (Å²) in [5.41, 5.74) is -1.48. The number of methoxy groups -OCH3 is 2. The highest BCUT2D eigenvalue weighted by Gasteiger charge is 2.67. The molecule has 28 heavy (non-hydrogen) atoms. The van der Waals surface area contributed by atoms with E-state index >= 15 is 0 Å². The van der Waals surface area contributed by atoms with Gasteiger partial charge in [-0.1, -0.05) is 0 Å². The first-order valence-corrected chi connectivity index (χ1v) is 8.65. The molecule has 1 aromatic rings. The number of Topliss-reactive ketones (excluding diaryl/α,β-unsaturated/α-hetero) is 3. The third kappa shape index (κ3) is 2.12. The fraction of sp³-hybridized carbons (Fsp3) is 0.450. The number of aliphatic hydroxyl groups is 1. The average molecular weight is 390 g/mol. The molecule has 0 saturated carbocycles. The lowest BCUT2D eigenvalue weighted by molar-refractivity contribution is -0.199. The zero-order valence-electron chi connectivity index (χ0n) is 16.6. The number of hydrogen-bond donors (Lipinski definition) is 2. The predicted molar refractivity (Wildman–Crippen MR) is 97.1 cm³/mol. The molecule has 150 valence electrons. The number of phenolic OH excluding ortho intramolecular Hbond substituents is 1. The van der Waals surface area contributed by atoms with E-state index in [1.165, 1.54) is 28.1 Å². The van der Waals surface area contributed by atoms with E-state index in [9.17, 15) is 24.6 Å². The van der Waals surface area contributed by atoms with Crippen molar-refractivity contribution in [1.29, 1.82) is 0 Å². The summed E-state index contributed by atoms with van der Waals surface area (Å²) in [5.74, 6) is -4.14. The summed E-state index contributed by atoms with van der Waals surface area (Å²) < 4.78 is 17.0. The molecule has 2 atom stereocenters. The molecule has 1 heterocycles. The minimum absolute atomic E-state index is 0.0408. The Bertz CT molecular complexity index is 973. The highest BCUT2D eigenvalue weighted by Crippen LogP contribution is 2.63. The molecular weight excluding hydrogens is 368 g/mol. The molecule has 0 aromatic heterocycles. The summed E-state index contributed by atoms with van der Waals surface area (Å²) in [6.07, 6.45) is -0.367. The van der Waals surface area contributed by atoms with Crippen molar-refractivity contribution in [2.45, 2.75) is 45.3 Å². The number of ketones is 3. The number of allylic oxidation sites excluding steroid dienone is 1. The van der Waals surface area contributed by atoms with Crippen LogP contribution >= 0.6 is 0 Å². The maximum absolute atomic E-state index is 12.6. The molecule has 8 heteroatoms. The highest BCUT2D eigenvalue weighted by molar-refractivity contribution is 6.21. The van der Waals surface area contributed by atoms with Crippen LogP contribution in [0, 0.1) is 6.92 Å². The number of aliphatic hydroxyl groups excluding tert-OH is 1. The van der Waals surface area contributed by atoms with E-state index in [1.54, 1.807) is 13.8 Å². The summed E-state index contributed by atoms with van der Waals surface area (Å²) in [4.78, 5) is 36.9. The molecule has 0 unspecified atom stereocenters. The van der Waals surface area contributed by atoms with E-state index in [0.717, 1.165) is 0 Å². The Morgan fingerprint density at radius 2 is 1.75 bits per heavy atom. The Balaban J connectivity index is 2.54. The van der Waals surface area contributed by atoms with Crippen molar-refractivity contribution >= 4 is 17.3 Å². The predicted octanol–water partition coefficient (Wildman–Crippen LogP) is 2.28. The van der Waals surface area contributed by atoms with Crippen LogP contribution in [0.1, 0.15) is 48.7 Å². The summed E-state index contributed by atoms with van der Waals surface area (Å²) in [7, 11) is 2.67. The first kappa shape index (κ1) is 19.9. The molecule has 2 aliphatic rings. The fourth-order valence-corrected chi connectivity index (χ4v) is 4.29. The molecule has 0 fully saturated rings. The number of ether oxygens (including phenoxy) is 3. The number of carbonyl (C=O) groups excluding carboxylic acids is 3. The number of aromatic hydroxyl groups is 1.